The predicted octanol–water partition coefficient (Wildman–Crippen LogP) is 6.64. The van der Waals surface area contributed by atoms with E-state index >= 15 is 0 Å². The van der Waals surface area contributed by atoms with E-state index in [0.29, 0.717) is 0 Å². The molecule has 0 spiro atoms. The van der Waals surface area contributed by atoms with Crippen molar-refractivity contribution in [1.29, 1.82) is 0 Å². The highest BCUT2D eigenvalue weighted by Crippen LogP contribution is 2.36. The minimum atomic E-state index is -0.00788. The fourth-order valence-corrected chi connectivity index (χ4v) is 6.87. The van der Waals surface area contributed by atoms with Crippen LogP contribution in [0.15, 0.2) is 72.8 Å². The molecule has 0 aliphatic carbocycles. The van der Waals surface area contributed by atoms with Gasteiger partial charge in [-0.15, -0.1) is 23.5 Å². The quantitative estimate of drug-likeness (QED) is 0.268. The van der Waals surface area contributed by atoms with Crippen molar-refractivity contribution in [2.75, 3.05) is 11.5 Å². The molecule has 0 bridgehead atoms. The van der Waals surface area contributed by atoms with E-state index in [0.717, 1.165) is 28.2 Å². The number of Topliss-reactive ketones (excluding diaryl/α,β-unsaturated/α-hetero) is 1. The molecule has 3 aromatic carbocycles. The highest BCUT2D eigenvalue weighted by molar-refractivity contribution is 8.18. The van der Waals surface area contributed by atoms with Gasteiger partial charge in [-0.2, -0.15) is 0 Å². The molecule has 0 amide bonds. The monoisotopic (exact) mass is 429 g/mol. The van der Waals surface area contributed by atoms with Gasteiger partial charge in [-0.1, -0.05) is 54.6 Å². The Morgan fingerprint density at radius 2 is 1.60 bits per heavy atom. The SMILES string of the molecule is Cn1c2ccccc2c2cc(/C=C(/C(=O)C3SCCCS3)c3ccccc3)ccc21. The first-order valence-electron chi connectivity index (χ1n) is 10.2. The predicted molar refractivity (Wildman–Crippen MR) is 133 cm³/mol. The van der Waals surface area contributed by atoms with E-state index < -0.39 is 0 Å². The summed E-state index contributed by atoms with van der Waals surface area (Å²) in [7, 11) is 2.11. The van der Waals surface area contributed by atoms with E-state index in [-0.39, 0.29) is 10.4 Å². The maximum atomic E-state index is 13.5. The largest absolute Gasteiger partial charge is 0.344 e. The maximum absolute atomic E-state index is 13.5. The first-order valence-corrected chi connectivity index (χ1v) is 12.3. The number of allylic oxidation sites excluding steroid dienone is 1. The zero-order valence-electron chi connectivity index (χ0n) is 16.9. The molecule has 1 aliphatic rings. The first-order chi connectivity index (χ1) is 14.7. The van der Waals surface area contributed by atoms with Crippen molar-refractivity contribution in [3.05, 3.63) is 83.9 Å². The van der Waals surface area contributed by atoms with Crippen molar-refractivity contribution in [2.24, 2.45) is 7.05 Å². The number of aromatic nitrogens is 1. The first kappa shape index (κ1) is 19.5. The Labute approximate surface area is 185 Å². The van der Waals surface area contributed by atoms with E-state index in [9.17, 15) is 4.79 Å². The second-order valence-electron chi connectivity index (χ2n) is 7.57. The van der Waals surface area contributed by atoms with Crippen molar-refractivity contribution in [2.45, 2.75) is 11.0 Å². The Morgan fingerprint density at radius 1 is 0.900 bits per heavy atom. The molecule has 1 saturated heterocycles. The molecule has 0 N–H and O–H groups in total. The Bertz CT molecular complexity index is 1250. The third kappa shape index (κ3) is 3.59. The molecule has 0 atom stereocenters. The summed E-state index contributed by atoms with van der Waals surface area (Å²) in [5.74, 6) is 2.36. The molecule has 1 aliphatic heterocycles. The second kappa shape index (κ2) is 8.37. The van der Waals surface area contributed by atoms with Crippen LogP contribution in [0.5, 0.6) is 0 Å². The molecule has 4 heteroatoms. The number of aryl methyl sites for hydroxylation is 1. The zero-order valence-corrected chi connectivity index (χ0v) is 18.5. The zero-order chi connectivity index (χ0) is 20.5. The van der Waals surface area contributed by atoms with Gasteiger partial charge in [0.15, 0.2) is 5.78 Å². The summed E-state index contributed by atoms with van der Waals surface area (Å²) in [6.45, 7) is 0. The number of rotatable bonds is 4. The summed E-state index contributed by atoms with van der Waals surface area (Å²) < 4.78 is 2.22. The minimum Gasteiger partial charge on any atom is -0.344 e. The summed E-state index contributed by atoms with van der Waals surface area (Å²) >= 11 is 3.56. The van der Waals surface area contributed by atoms with Crippen LogP contribution in [0.1, 0.15) is 17.5 Å². The number of para-hydroxylation sites is 1. The molecule has 5 rings (SSSR count). The van der Waals surface area contributed by atoms with Crippen LogP contribution in [0, 0.1) is 0 Å². The van der Waals surface area contributed by atoms with Gasteiger partial charge in [0.25, 0.3) is 0 Å². The number of carbonyl (C=O) groups excluding carboxylic acids is 1. The molecule has 150 valence electrons. The average Bonchev–Trinajstić information content (AvgIpc) is 3.10. The van der Waals surface area contributed by atoms with Crippen LogP contribution in [0.25, 0.3) is 33.5 Å². The third-order valence-corrected chi connectivity index (χ3v) is 8.54. The van der Waals surface area contributed by atoms with Gasteiger partial charge in [0, 0.05) is 34.4 Å². The number of nitrogens with zero attached hydrogens (tertiary/aromatic N) is 1. The molecule has 2 heterocycles. The fourth-order valence-electron chi connectivity index (χ4n) is 4.12. The van der Waals surface area contributed by atoms with E-state index in [2.05, 4.69) is 60.2 Å². The summed E-state index contributed by atoms with van der Waals surface area (Å²) in [6.07, 6.45) is 3.26. The Hall–Kier alpha value is -2.43. The Kier molecular flexibility index (Phi) is 5.45. The molecule has 0 saturated carbocycles. The van der Waals surface area contributed by atoms with Crippen LogP contribution >= 0.6 is 23.5 Å². The lowest BCUT2D eigenvalue weighted by atomic mass is 9.99. The van der Waals surface area contributed by atoms with Crippen LogP contribution in [0.3, 0.4) is 0 Å². The fraction of sp³-hybridized carbons (Fsp3) is 0.192. The lowest BCUT2D eigenvalue weighted by Gasteiger charge is -2.21. The highest BCUT2D eigenvalue weighted by Gasteiger charge is 2.26. The van der Waals surface area contributed by atoms with Gasteiger partial charge in [-0.3, -0.25) is 4.79 Å². The Balaban J connectivity index is 1.63. The minimum absolute atomic E-state index is 0.00788. The molecule has 4 aromatic rings. The lowest BCUT2D eigenvalue weighted by molar-refractivity contribution is -0.112. The van der Waals surface area contributed by atoms with Crippen LogP contribution in [0.4, 0.5) is 0 Å². The topological polar surface area (TPSA) is 22.0 Å². The Morgan fingerprint density at radius 3 is 2.40 bits per heavy atom. The van der Waals surface area contributed by atoms with Gasteiger partial charge >= 0.3 is 0 Å². The van der Waals surface area contributed by atoms with Gasteiger partial charge in [0.1, 0.15) is 4.58 Å². The van der Waals surface area contributed by atoms with E-state index in [1.807, 2.05) is 30.3 Å². The summed E-state index contributed by atoms with van der Waals surface area (Å²) in [5.41, 5.74) is 5.30. The van der Waals surface area contributed by atoms with Crippen molar-refractivity contribution in [1.82, 2.24) is 4.57 Å². The number of hydrogen-bond acceptors (Lipinski definition) is 3. The van der Waals surface area contributed by atoms with Gasteiger partial charge in [-0.05, 0) is 53.3 Å². The van der Waals surface area contributed by atoms with Crippen LogP contribution in [-0.4, -0.2) is 26.4 Å². The van der Waals surface area contributed by atoms with Gasteiger partial charge in [0.2, 0.25) is 0 Å². The summed E-state index contributed by atoms with van der Waals surface area (Å²) in [6, 6.07) is 25.1. The number of thioether (sulfide) groups is 2. The number of fused-ring (bicyclic) bond motifs is 3. The number of carbonyl (C=O) groups is 1. The molecule has 30 heavy (non-hydrogen) atoms. The van der Waals surface area contributed by atoms with E-state index in [1.54, 1.807) is 23.5 Å². The van der Waals surface area contributed by atoms with Crippen LogP contribution in [-0.2, 0) is 11.8 Å². The molecule has 1 aromatic heterocycles. The van der Waals surface area contributed by atoms with Gasteiger partial charge in [0.05, 0.1) is 0 Å². The number of ketones is 1. The number of benzene rings is 3. The summed E-state index contributed by atoms with van der Waals surface area (Å²) in [4.78, 5) is 13.5. The normalized spacial score (nSPS) is 15.7. The van der Waals surface area contributed by atoms with Gasteiger partial charge < -0.3 is 4.57 Å². The van der Waals surface area contributed by atoms with Crippen molar-refractivity contribution in [3.8, 4) is 0 Å². The molecule has 1 fully saturated rings. The van der Waals surface area contributed by atoms with Crippen molar-refractivity contribution < 1.29 is 4.79 Å². The van der Waals surface area contributed by atoms with E-state index in [4.69, 9.17) is 0 Å². The lowest BCUT2D eigenvalue weighted by Crippen LogP contribution is -2.19. The maximum Gasteiger partial charge on any atom is 0.186 e. The molecular weight excluding hydrogens is 406 g/mol. The molecular formula is C26H23NOS2. The summed E-state index contributed by atoms with van der Waals surface area (Å²) in [5, 5.41) is 2.47. The van der Waals surface area contributed by atoms with Gasteiger partial charge in [-0.25, -0.2) is 0 Å². The number of hydrogen-bond donors (Lipinski definition) is 0. The molecule has 0 radical (unpaired) electrons. The van der Waals surface area contributed by atoms with Crippen LogP contribution in [0.2, 0.25) is 0 Å². The average molecular weight is 430 g/mol. The third-order valence-electron chi connectivity index (χ3n) is 5.64. The molecule has 0 unspecified atom stereocenters. The standard InChI is InChI=1S/C26H23NOS2/c1-27-23-11-6-5-10-20(23)22-17-18(12-13-24(22)27)16-21(19-8-3-2-4-9-19)25(28)26-29-14-7-15-30-26/h2-6,8-13,16-17,26H,7,14-15H2,1H3/b21-16+. The molecule has 2 nitrogen and oxygen atoms in total. The smallest absolute Gasteiger partial charge is 0.186 e. The van der Waals surface area contributed by atoms with Crippen LogP contribution < -0.4 is 0 Å². The van der Waals surface area contributed by atoms with Crippen molar-refractivity contribution in [3.63, 3.8) is 0 Å². The highest BCUT2D eigenvalue weighted by atomic mass is 32.2. The second-order valence-corrected chi connectivity index (χ2v) is 10.3. The van der Waals surface area contributed by atoms with E-state index in [1.165, 1.54) is 28.2 Å². The van der Waals surface area contributed by atoms with Crippen molar-refractivity contribution >= 4 is 62.8 Å².